The number of hydrogen-bond donors (Lipinski definition) is 1. The number of sulfonamides is 1. The largest absolute Gasteiger partial charge is 0.481 e. The van der Waals surface area contributed by atoms with Crippen molar-refractivity contribution < 1.29 is 18.3 Å². The maximum absolute atomic E-state index is 12.5. The van der Waals surface area contributed by atoms with Gasteiger partial charge in [0.25, 0.3) is 0 Å². The predicted molar refractivity (Wildman–Crippen MR) is 72.8 cm³/mol. The van der Waals surface area contributed by atoms with Gasteiger partial charge in [-0.3, -0.25) is 4.79 Å². The smallest absolute Gasteiger partial charge is 0.311 e. The molecule has 5 nitrogen and oxygen atoms in total. The maximum atomic E-state index is 12.5. The highest BCUT2D eigenvalue weighted by Crippen LogP contribution is 2.29. The van der Waals surface area contributed by atoms with Gasteiger partial charge in [-0.15, -0.1) is 11.3 Å². The lowest BCUT2D eigenvalue weighted by Crippen LogP contribution is -2.39. The zero-order valence-electron chi connectivity index (χ0n) is 10.7. The van der Waals surface area contributed by atoms with Gasteiger partial charge < -0.3 is 5.11 Å². The van der Waals surface area contributed by atoms with Gasteiger partial charge in [0, 0.05) is 22.8 Å². The van der Waals surface area contributed by atoms with E-state index < -0.39 is 21.9 Å². The molecule has 1 aromatic heterocycles. The third-order valence-electron chi connectivity index (χ3n) is 3.01. The zero-order valence-corrected chi connectivity index (χ0v) is 12.3. The van der Waals surface area contributed by atoms with Crippen molar-refractivity contribution >= 4 is 27.3 Å². The summed E-state index contributed by atoms with van der Waals surface area (Å²) in [6, 6.07) is 1.64. The molecular weight excluding hydrogens is 286 g/mol. The fraction of sp³-hybridized carbons (Fsp3) is 0.417. The van der Waals surface area contributed by atoms with Crippen LogP contribution in [0, 0.1) is 19.8 Å². The summed E-state index contributed by atoms with van der Waals surface area (Å²) in [4.78, 5) is 12.9. The molecule has 2 heterocycles. The van der Waals surface area contributed by atoms with E-state index in [2.05, 4.69) is 0 Å². The quantitative estimate of drug-likeness (QED) is 0.861. The average molecular weight is 301 g/mol. The highest BCUT2D eigenvalue weighted by Gasteiger charge is 2.32. The van der Waals surface area contributed by atoms with Crippen LogP contribution < -0.4 is 0 Å². The van der Waals surface area contributed by atoms with E-state index in [-0.39, 0.29) is 18.0 Å². The lowest BCUT2D eigenvalue weighted by molar-refractivity contribution is -0.140. The Labute approximate surface area is 116 Å². The van der Waals surface area contributed by atoms with Crippen molar-refractivity contribution in [2.75, 3.05) is 13.1 Å². The highest BCUT2D eigenvalue weighted by molar-refractivity contribution is 7.89. The minimum absolute atomic E-state index is 0.0114. The van der Waals surface area contributed by atoms with Gasteiger partial charge in [0.05, 0.1) is 10.8 Å². The molecule has 0 spiro atoms. The number of aliphatic carboxylic acids is 1. The van der Waals surface area contributed by atoms with Gasteiger partial charge in [0.2, 0.25) is 10.0 Å². The molecule has 2 rings (SSSR count). The van der Waals surface area contributed by atoms with Gasteiger partial charge >= 0.3 is 5.97 Å². The summed E-state index contributed by atoms with van der Waals surface area (Å²) < 4.78 is 26.2. The molecule has 0 aromatic carbocycles. The molecule has 0 saturated heterocycles. The van der Waals surface area contributed by atoms with E-state index >= 15 is 0 Å². The second-order valence-electron chi connectivity index (χ2n) is 4.47. The monoisotopic (exact) mass is 301 g/mol. The number of thiophene rings is 1. The molecule has 0 radical (unpaired) electrons. The van der Waals surface area contributed by atoms with Crippen LogP contribution in [0.1, 0.15) is 9.75 Å². The van der Waals surface area contributed by atoms with Crippen LogP contribution >= 0.6 is 11.3 Å². The maximum Gasteiger partial charge on any atom is 0.311 e. The van der Waals surface area contributed by atoms with Crippen LogP contribution in [0.3, 0.4) is 0 Å². The van der Waals surface area contributed by atoms with Gasteiger partial charge in [-0.2, -0.15) is 4.31 Å². The molecule has 1 N–H and O–H groups in total. The predicted octanol–water partition coefficient (Wildman–Crippen LogP) is 1.63. The summed E-state index contributed by atoms with van der Waals surface area (Å²) in [6.07, 6.45) is 3.13. The van der Waals surface area contributed by atoms with Crippen LogP contribution in [0.4, 0.5) is 0 Å². The number of carboxylic acids is 1. The van der Waals surface area contributed by atoms with E-state index in [1.54, 1.807) is 25.1 Å². The van der Waals surface area contributed by atoms with E-state index in [0.717, 1.165) is 9.75 Å². The lowest BCUT2D eigenvalue weighted by atomic mass is 10.1. The van der Waals surface area contributed by atoms with Crippen molar-refractivity contribution in [2.45, 2.75) is 18.7 Å². The van der Waals surface area contributed by atoms with Gasteiger partial charge in [-0.1, -0.05) is 12.2 Å². The Bertz CT molecular complexity index is 630. The lowest BCUT2D eigenvalue weighted by Gasteiger charge is -2.26. The number of carboxylic acid groups (broad SMARTS) is 1. The Hall–Kier alpha value is -1.18. The van der Waals surface area contributed by atoms with Crippen molar-refractivity contribution in [3.8, 4) is 0 Å². The molecule has 1 unspecified atom stereocenters. The Morgan fingerprint density at radius 1 is 1.47 bits per heavy atom. The van der Waals surface area contributed by atoms with E-state index in [1.807, 2.05) is 6.92 Å². The summed E-state index contributed by atoms with van der Waals surface area (Å²) in [5.41, 5.74) is 0. The first-order valence-corrected chi connectivity index (χ1v) is 8.04. The third-order valence-corrected chi connectivity index (χ3v) is 6.06. The van der Waals surface area contributed by atoms with E-state index in [0.29, 0.717) is 0 Å². The molecule has 104 valence electrons. The van der Waals surface area contributed by atoms with Crippen LogP contribution in [-0.4, -0.2) is 36.9 Å². The highest BCUT2D eigenvalue weighted by atomic mass is 32.2. The summed E-state index contributed by atoms with van der Waals surface area (Å²) >= 11 is 1.43. The molecule has 1 aliphatic heterocycles. The van der Waals surface area contributed by atoms with Crippen LogP contribution in [0.2, 0.25) is 0 Å². The molecule has 1 aromatic rings. The first-order chi connectivity index (χ1) is 8.82. The summed E-state index contributed by atoms with van der Waals surface area (Å²) in [5, 5.41) is 8.98. The molecule has 7 heteroatoms. The molecule has 0 bridgehead atoms. The fourth-order valence-corrected chi connectivity index (χ4v) is 5.00. The van der Waals surface area contributed by atoms with Gasteiger partial charge in [0.15, 0.2) is 0 Å². The van der Waals surface area contributed by atoms with Gasteiger partial charge in [0.1, 0.15) is 0 Å². The van der Waals surface area contributed by atoms with Crippen LogP contribution in [0.5, 0.6) is 0 Å². The molecule has 0 amide bonds. The molecule has 1 atom stereocenters. The second kappa shape index (κ2) is 5.07. The Kier molecular flexibility index (Phi) is 3.80. The third kappa shape index (κ3) is 2.72. The van der Waals surface area contributed by atoms with Crippen molar-refractivity contribution in [3.63, 3.8) is 0 Å². The minimum Gasteiger partial charge on any atom is -0.481 e. The van der Waals surface area contributed by atoms with Crippen molar-refractivity contribution in [2.24, 2.45) is 5.92 Å². The first-order valence-electron chi connectivity index (χ1n) is 5.79. The number of rotatable bonds is 3. The van der Waals surface area contributed by atoms with E-state index in [9.17, 15) is 13.2 Å². The van der Waals surface area contributed by atoms with Crippen LogP contribution in [0.25, 0.3) is 0 Å². The molecular formula is C12H15NO4S2. The molecule has 0 saturated carbocycles. The van der Waals surface area contributed by atoms with Crippen molar-refractivity contribution in [3.05, 3.63) is 28.0 Å². The Balaban J connectivity index is 2.33. The second-order valence-corrected chi connectivity index (χ2v) is 7.84. The summed E-state index contributed by atoms with van der Waals surface area (Å²) in [7, 11) is -3.61. The van der Waals surface area contributed by atoms with E-state index in [4.69, 9.17) is 5.11 Å². The first kappa shape index (κ1) is 14.2. The number of nitrogens with zero attached hydrogens (tertiary/aromatic N) is 1. The number of aryl methyl sites for hydroxylation is 2. The number of hydrogen-bond acceptors (Lipinski definition) is 4. The Morgan fingerprint density at radius 2 is 2.16 bits per heavy atom. The molecule has 0 fully saturated rings. The topological polar surface area (TPSA) is 74.7 Å². The zero-order chi connectivity index (χ0) is 14.2. The SMILES string of the molecule is Cc1cc(S(=O)(=O)N2CC=CC(C(=O)O)C2)c(C)s1. The number of carbonyl (C=O) groups is 1. The van der Waals surface area contributed by atoms with E-state index in [1.165, 1.54) is 15.6 Å². The van der Waals surface area contributed by atoms with Gasteiger partial charge in [-0.05, 0) is 19.9 Å². The summed E-state index contributed by atoms with van der Waals surface area (Å²) in [5.74, 6) is -1.78. The van der Waals surface area contributed by atoms with Gasteiger partial charge in [-0.25, -0.2) is 8.42 Å². The summed E-state index contributed by atoms with van der Waals surface area (Å²) in [6.45, 7) is 3.83. The average Bonchev–Trinajstić information content (AvgIpc) is 2.69. The molecule has 1 aliphatic rings. The van der Waals surface area contributed by atoms with Crippen molar-refractivity contribution in [1.29, 1.82) is 0 Å². The molecule has 0 aliphatic carbocycles. The van der Waals surface area contributed by atoms with Crippen LogP contribution in [-0.2, 0) is 14.8 Å². The minimum atomic E-state index is -3.61. The standard InChI is InChI=1S/C12H15NO4S2/c1-8-6-11(9(2)18-8)19(16,17)13-5-3-4-10(7-13)12(14)15/h3-4,6,10H,5,7H2,1-2H3,(H,14,15). The van der Waals surface area contributed by atoms with Crippen molar-refractivity contribution in [1.82, 2.24) is 4.31 Å². The Morgan fingerprint density at radius 3 is 2.68 bits per heavy atom. The van der Waals surface area contributed by atoms with Crippen LogP contribution in [0.15, 0.2) is 23.1 Å². The normalized spacial score (nSPS) is 20.6. The fourth-order valence-electron chi connectivity index (χ4n) is 2.06. The molecule has 19 heavy (non-hydrogen) atoms.